The zero-order valence-corrected chi connectivity index (χ0v) is 9.90. The van der Waals surface area contributed by atoms with E-state index in [2.05, 4.69) is 15.3 Å². The predicted octanol–water partition coefficient (Wildman–Crippen LogP) is 0.746. The maximum absolute atomic E-state index is 11.0. The van der Waals surface area contributed by atoms with Gasteiger partial charge in [0.2, 0.25) is 5.95 Å². The summed E-state index contributed by atoms with van der Waals surface area (Å²) in [5, 5.41) is 2.13. The van der Waals surface area contributed by atoms with Gasteiger partial charge in [-0.15, -0.1) is 12.4 Å². The van der Waals surface area contributed by atoms with Gasteiger partial charge in [0.25, 0.3) is 11.5 Å². The minimum absolute atomic E-state index is 0. The summed E-state index contributed by atoms with van der Waals surface area (Å²) in [6.07, 6.45) is 0.379. The van der Waals surface area contributed by atoms with E-state index in [1.54, 1.807) is 0 Å². The van der Waals surface area contributed by atoms with Gasteiger partial charge in [-0.3, -0.25) is 24.7 Å². The van der Waals surface area contributed by atoms with Crippen LogP contribution in [0.25, 0.3) is 0 Å². The number of amides is 1. The van der Waals surface area contributed by atoms with Crippen molar-refractivity contribution in [3.63, 3.8) is 0 Å². The summed E-state index contributed by atoms with van der Waals surface area (Å²) in [7, 11) is 0. The summed E-state index contributed by atoms with van der Waals surface area (Å²) in [6.45, 7) is 0. The molecule has 0 fully saturated rings. The number of aromatic amines is 1. The van der Waals surface area contributed by atoms with Crippen molar-refractivity contribution in [3.8, 4) is 0 Å². The van der Waals surface area contributed by atoms with Gasteiger partial charge in [-0.2, -0.15) is 0 Å². The molecule has 1 aromatic rings. The molecule has 0 bridgehead atoms. The van der Waals surface area contributed by atoms with Crippen molar-refractivity contribution in [2.45, 2.75) is 4.84 Å². The van der Waals surface area contributed by atoms with Crippen LogP contribution in [0.5, 0.6) is 0 Å². The smallest absolute Gasteiger partial charge is 0.259 e. The number of carbonyl (C=O) groups excluding carboxylic acids is 2. The highest BCUT2D eigenvalue weighted by molar-refractivity contribution is 6.54. The quantitative estimate of drug-likeness (QED) is 0.633. The lowest BCUT2D eigenvalue weighted by atomic mass is 10.4. The number of nitrogens with one attached hydrogen (secondary N) is 2. The number of aromatic nitrogens is 2. The van der Waals surface area contributed by atoms with Gasteiger partial charge in [0, 0.05) is 6.07 Å². The summed E-state index contributed by atoms with van der Waals surface area (Å²) >= 11 is 10.5. The number of nitrogens with zero attached hydrogens (tertiary/aromatic N) is 1. The third kappa shape index (κ3) is 4.18. The van der Waals surface area contributed by atoms with E-state index in [1.807, 2.05) is 0 Å². The summed E-state index contributed by atoms with van der Waals surface area (Å²) < 4.78 is 0. The van der Waals surface area contributed by atoms with Crippen molar-refractivity contribution in [1.29, 1.82) is 0 Å². The third-order valence-electron chi connectivity index (χ3n) is 1.32. The van der Waals surface area contributed by atoms with Crippen LogP contribution in [0.3, 0.4) is 0 Å². The van der Waals surface area contributed by atoms with Gasteiger partial charge in [-0.25, -0.2) is 4.98 Å². The van der Waals surface area contributed by atoms with Gasteiger partial charge in [-0.05, 0) is 0 Å². The van der Waals surface area contributed by atoms with Crippen molar-refractivity contribution in [2.75, 3.05) is 5.32 Å². The zero-order chi connectivity index (χ0) is 11.4. The van der Waals surface area contributed by atoms with Crippen LogP contribution in [0.15, 0.2) is 10.9 Å². The molecule has 1 amide bonds. The summed E-state index contributed by atoms with van der Waals surface area (Å²) in [5.41, 5.74) is -0.669. The molecule has 0 saturated heterocycles. The minimum Gasteiger partial charge on any atom is -0.296 e. The Hall–Kier alpha value is -1.11. The fourth-order valence-electron chi connectivity index (χ4n) is 0.767. The number of aldehydes is 1. The van der Waals surface area contributed by atoms with Crippen LogP contribution in [-0.4, -0.2) is 27.0 Å². The summed E-state index contributed by atoms with van der Waals surface area (Å²) in [6, 6.07) is 0.988. The molecule has 16 heavy (non-hydrogen) atoms. The molecule has 0 aliphatic heterocycles. The zero-order valence-electron chi connectivity index (χ0n) is 7.57. The molecule has 0 aromatic carbocycles. The molecule has 2 N–H and O–H groups in total. The molecule has 1 aromatic heterocycles. The number of H-pyrrole nitrogens is 1. The van der Waals surface area contributed by atoms with Crippen LogP contribution in [-0.2, 0) is 4.79 Å². The van der Waals surface area contributed by atoms with E-state index >= 15 is 0 Å². The van der Waals surface area contributed by atoms with E-state index in [4.69, 9.17) is 23.2 Å². The number of hydrogen-bond donors (Lipinski definition) is 2. The lowest BCUT2D eigenvalue weighted by molar-refractivity contribution is -0.114. The average Bonchev–Trinajstić information content (AvgIpc) is 2.16. The standard InChI is InChI=1S/C7H5Cl2N3O3.ClH/c8-5(9)6(15)12-7-10-3(2-13)1-4(14)11-7;/h1-2,5H,(H2,10,11,12,14,15);1H. The van der Waals surface area contributed by atoms with Crippen LogP contribution >= 0.6 is 35.6 Å². The molecule has 1 heterocycles. The highest BCUT2D eigenvalue weighted by Crippen LogP contribution is 2.04. The molecular formula is C7H6Cl3N3O3. The van der Waals surface area contributed by atoms with Gasteiger partial charge in [0.05, 0.1) is 0 Å². The van der Waals surface area contributed by atoms with Crippen molar-refractivity contribution in [2.24, 2.45) is 0 Å². The normalized spacial score (nSPS) is 9.44. The first-order valence-electron chi connectivity index (χ1n) is 3.68. The fourth-order valence-corrected chi connectivity index (χ4v) is 0.876. The molecule has 9 heteroatoms. The Morgan fingerprint density at radius 3 is 2.69 bits per heavy atom. The molecule has 88 valence electrons. The van der Waals surface area contributed by atoms with E-state index in [9.17, 15) is 14.4 Å². The number of anilines is 1. The molecule has 6 nitrogen and oxygen atoms in total. The third-order valence-corrected chi connectivity index (χ3v) is 1.72. The highest BCUT2D eigenvalue weighted by Gasteiger charge is 2.12. The number of hydrogen-bond acceptors (Lipinski definition) is 4. The van der Waals surface area contributed by atoms with E-state index in [1.165, 1.54) is 0 Å². The number of carbonyl (C=O) groups is 2. The maximum Gasteiger partial charge on any atom is 0.259 e. The van der Waals surface area contributed by atoms with Crippen molar-refractivity contribution >= 4 is 53.8 Å². The van der Waals surface area contributed by atoms with Crippen LogP contribution in [0.2, 0.25) is 0 Å². The number of rotatable bonds is 3. The van der Waals surface area contributed by atoms with Crippen molar-refractivity contribution in [3.05, 3.63) is 22.1 Å². The highest BCUT2D eigenvalue weighted by atomic mass is 35.5. The van der Waals surface area contributed by atoms with E-state index < -0.39 is 16.3 Å². The Bertz CT molecular complexity index is 446. The maximum atomic E-state index is 11.0. The SMILES string of the molecule is Cl.O=Cc1cc(=O)[nH]c(NC(=O)C(Cl)Cl)n1. The van der Waals surface area contributed by atoms with Crippen LogP contribution < -0.4 is 10.9 Å². The van der Waals surface area contributed by atoms with E-state index in [0.29, 0.717) is 6.29 Å². The van der Waals surface area contributed by atoms with Gasteiger partial charge < -0.3 is 0 Å². The Morgan fingerprint density at radius 2 is 2.19 bits per heavy atom. The van der Waals surface area contributed by atoms with Crippen molar-refractivity contribution < 1.29 is 9.59 Å². The number of halogens is 3. The van der Waals surface area contributed by atoms with Crippen molar-refractivity contribution in [1.82, 2.24) is 9.97 Å². The molecule has 0 aliphatic rings. The van der Waals surface area contributed by atoms with Crippen LogP contribution in [0, 0.1) is 0 Å². The summed E-state index contributed by atoms with van der Waals surface area (Å²) in [5.74, 6) is -0.926. The molecule has 0 aliphatic carbocycles. The minimum atomic E-state index is -1.28. The van der Waals surface area contributed by atoms with Gasteiger partial charge >= 0.3 is 0 Å². The first-order chi connectivity index (χ1) is 7.02. The molecule has 0 unspecified atom stereocenters. The predicted molar refractivity (Wildman–Crippen MR) is 61.6 cm³/mol. The number of alkyl halides is 2. The topological polar surface area (TPSA) is 91.9 Å². The Kier molecular flexibility index (Phi) is 6.02. The molecule has 0 saturated carbocycles. The molecular weight excluding hydrogens is 280 g/mol. The molecule has 1 rings (SSSR count). The van der Waals surface area contributed by atoms with E-state index in [-0.39, 0.29) is 24.0 Å². The first-order valence-corrected chi connectivity index (χ1v) is 4.56. The molecule has 0 atom stereocenters. The van der Waals surface area contributed by atoms with Crippen LogP contribution in [0.4, 0.5) is 5.95 Å². The van der Waals surface area contributed by atoms with Gasteiger partial charge in [0.15, 0.2) is 11.1 Å². The second-order valence-electron chi connectivity index (χ2n) is 2.43. The second-order valence-corrected chi connectivity index (χ2v) is 3.52. The Balaban J connectivity index is 0.00000225. The lowest BCUT2D eigenvalue weighted by Gasteiger charge is -2.03. The first kappa shape index (κ1) is 14.9. The second kappa shape index (κ2) is 6.47. The lowest BCUT2D eigenvalue weighted by Crippen LogP contribution is -2.23. The van der Waals surface area contributed by atoms with E-state index in [0.717, 1.165) is 6.07 Å². The monoisotopic (exact) mass is 285 g/mol. The fraction of sp³-hybridized carbons (Fsp3) is 0.143. The van der Waals surface area contributed by atoms with Gasteiger partial charge in [0.1, 0.15) is 5.69 Å². The summed E-state index contributed by atoms with van der Waals surface area (Å²) in [4.78, 5) is 36.8. The molecule has 0 spiro atoms. The Morgan fingerprint density at radius 1 is 1.56 bits per heavy atom. The van der Waals surface area contributed by atoms with Gasteiger partial charge in [-0.1, -0.05) is 23.2 Å². The molecule has 0 radical (unpaired) electrons. The average molecular weight is 287 g/mol. The largest absolute Gasteiger partial charge is 0.296 e. The Labute approximate surface area is 106 Å². The van der Waals surface area contributed by atoms with Crippen LogP contribution in [0.1, 0.15) is 10.5 Å².